The van der Waals surface area contributed by atoms with Crippen molar-refractivity contribution in [1.29, 1.82) is 0 Å². The molecule has 3 rings (SSSR count). The molecule has 1 aromatic carbocycles. The van der Waals surface area contributed by atoms with Crippen LogP contribution in [-0.4, -0.2) is 73.5 Å². The molecule has 0 bridgehead atoms. The Morgan fingerprint density at radius 1 is 0.897 bits per heavy atom. The molecule has 1 aromatic rings. The third kappa shape index (κ3) is 5.61. The number of benzene rings is 1. The normalized spacial score (nSPS) is 23.1. The van der Waals surface area contributed by atoms with Gasteiger partial charge in [-0.1, -0.05) is 6.07 Å². The van der Waals surface area contributed by atoms with E-state index in [1.807, 2.05) is 39.0 Å². The number of hydrogen-bond donors (Lipinski definition) is 2. The van der Waals surface area contributed by atoms with E-state index >= 15 is 0 Å². The van der Waals surface area contributed by atoms with Crippen LogP contribution in [0.5, 0.6) is 0 Å². The van der Waals surface area contributed by atoms with Gasteiger partial charge in [0, 0.05) is 49.8 Å². The fourth-order valence-corrected chi connectivity index (χ4v) is 3.61. The number of hydrogen-bond acceptors (Lipinski definition) is 4. The van der Waals surface area contributed by atoms with Crippen molar-refractivity contribution in [3.63, 3.8) is 0 Å². The van der Waals surface area contributed by atoms with E-state index in [2.05, 4.69) is 10.6 Å². The summed E-state index contributed by atoms with van der Waals surface area (Å²) in [6.45, 7) is 9.57. The van der Waals surface area contributed by atoms with Crippen LogP contribution in [0.25, 0.3) is 0 Å². The molecule has 0 aliphatic carbocycles. The minimum Gasteiger partial charge on any atom is -0.380 e. The Bertz CT molecular complexity index is 727. The van der Waals surface area contributed by atoms with E-state index in [0.29, 0.717) is 50.9 Å². The van der Waals surface area contributed by atoms with Crippen molar-refractivity contribution in [2.45, 2.75) is 45.7 Å². The third-order valence-electron chi connectivity index (χ3n) is 5.63. The number of amides is 4. The molecule has 0 saturated carbocycles. The minimum atomic E-state index is -0.151. The lowest BCUT2D eigenvalue weighted by atomic mass is 10.1. The molecule has 0 unspecified atom stereocenters. The second-order valence-electron chi connectivity index (χ2n) is 7.78. The summed E-state index contributed by atoms with van der Waals surface area (Å²) in [4.78, 5) is 29.1. The predicted octanol–water partition coefficient (Wildman–Crippen LogP) is 3.28. The van der Waals surface area contributed by atoms with Gasteiger partial charge in [-0.25, -0.2) is 9.59 Å². The molecule has 2 atom stereocenters. The van der Waals surface area contributed by atoms with Gasteiger partial charge in [-0.05, 0) is 51.3 Å². The van der Waals surface area contributed by atoms with E-state index in [4.69, 9.17) is 9.47 Å². The first-order valence-corrected chi connectivity index (χ1v) is 10.4. The Balaban J connectivity index is 1.67. The standard InChI is InChI=1S/C21H32N4O4/c1-15-4-5-18(22-20(26)24-8-12-28-10-6-16(24)2)14-19(15)23-21(27)25-9-13-29-11-7-17(25)3/h4-5,14,16-17H,6-13H2,1-3H3,(H,22,26)(H,23,27)/t16-,17+/m1/s1. The zero-order chi connectivity index (χ0) is 20.8. The van der Waals surface area contributed by atoms with Crippen molar-refractivity contribution < 1.29 is 19.1 Å². The SMILES string of the molecule is Cc1ccc(NC(=O)N2CCOCC[C@H]2C)cc1NC(=O)N1CCOCC[C@@H]1C. The lowest BCUT2D eigenvalue weighted by Crippen LogP contribution is -2.42. The highest BCUT2D eigenvalue weighted by molar-refractivity contribution is 5.93. The highest BCUT2D eigenvalue weighted by Crippen LogP contribution is 2.22. The van der Waals surface area contributed by atoms with E-state index in [-0.39, 0.29) is 24.1 Å². The zero-order valence-corrected chi connectivity index (χ0v) is 17.6. The van der Waals surface area contributed by atoms with Gasteiger partial charge in [-0.15, -0.1) is 0 Å². The summed E-state index contributed by atoms with van der Waals surface area (Å²) in [6, 6.07) is 5.50. The van der Waals surface area contributed by atoms with E-state index in [0.717, 1.165) is 18.4 Å². The van der Waals surface area contributed by atoms with Crippen molar-refractivity contribution in [3.8, 4) is 0 Å². The fraction of sp³-hybridized carbons (Fsp3) is 0.619. The Kier molecular flexibility index (Phi) is 7.33. The minimum absolute atomic E-state index is 0.118. The summed E-state index contributed by atoms with van der Waals surface area (Å²) in [5.74, 6) is 0. The monoisotopic (exact) mass is 404 g/mol. The maximum atomic E-state index is 12.8. The molecule has 29 heavy (non-hydrogen) atoms. The summed E-state index contributed by atoms with van der Waals surface area (Å²) in [5, 5.41) is 5.95. The molecule has 2 saturated heterocycles. The van der Waals surface area contributed by atoms with Crippen LogP contribution in [0.1, 0.15) is 32.3 Å². The highest BCUT2D eigenvalue weighted by Gasteiger charge is 2.24. The summed E-state index contributed by atoms with van der Waals surface area (Å²) >= 11 is 0. The van der Waals surface area contributed by atoms with Crippen molar-refractivity contribution >= 4 is 23.4 Å². The van der Waals surface area contributed by atoms with Crippen LogP contribution in [-0.2, 0) is 9.47 Å². The maximum absolute atomic E-state index is 12.8. The second-order valence-corrected chi connectivity index (χ2v) is 7.78. The van der Waals surface area contributed by atoms with Crippen LogP contribution in [0.2, 0.25) is 0 Å². The molecule has 2 aliphatic heterocycles. The van der Waals surface area contributed by atoms with Gasteiger partial charge in [0.25, 0.3) is 0 Å². The lowest BCUT2D eigenvalue weighted by Gasteiger charge is -2.28. The Labute approximate surface area is 172 Å². The third-order valence-corrected chi connectivity index (χ3v) is 5.63. The first-order valence-electron chi connectivity index (χ1n) is 10.4. The molecular weight excluding hydrogens is 372 g/mol. The fourth-order valence-electron chi connectivity index (χ4n) is 3.61. The molecule has 160 valence electrons. The summed E-state index contributed by atoms with van der Waals surface area (Å²) < 4.78 is 10.9. The number of anilines is 2. The Morgan fingerprint density at radius 2 is 1.45 bits per heavy atom. The van der Waals surface area contributed by atoms with Gasteiger partial charge >= 0.3 is 12.1 Å². The molecule has 8 nitrogen and oxygen atoms in total. The van der Waals surface area contributed by atoms with Crippen molar-refractivity contribution in [2.75, 3.05) is 50.2 Å². The average Bonchev–Trinajstić information content (AvgIpc) is 3.04. The first kappa shape index (κ1) is 21.4. The molecule has 0 aromatic heterocycles. The highest BCUT2D eigenvalue weighted by atomic mass is 16.5. The van der Waals surface area contributed by atoms with Crippen LogP contribution in [0, 0.1) is 6.92 Å². The van der Waals surface area contributed by atoms with E-state index in [1.165, 1.54) is 0 Å². The number of urea groups is 2. The summed E-state index contributed by atoms with van der Waals surface area (Å²) in [6.07, 6.45) is 1.64. The molecule has 2 N–H and O–H groups in total. The molecule has 2 aliphatic rings. The van der Waals surface area contributed by atoms with Gasteiger partial charge in [0.1, 0.15) is 0 Å². The van der Waals surface area contributed by atoms with Gasteiger partial charge in [0.15, 0.2) is 0 Å². The molecular formula is C21H32N4O4. The molecule has 0 spiro atoms. The zero-order valence-electron chi connectivity index (χ0n) is 17.6. The number of ether oxygens (including phenoxy) is 2. The Morgan fingerprint density at radius 3 is 2.03 bits per heavy atom. The smallest absolute Gasteiger partial charge is 0.322 e. The molecule has 2 heterocycles. The molecule has 0 radical (unpaired) electrons. The maximum Gasteiger partial charge on any atom is 0.322 e. The first-order chi connectivity index (χ1) is 14.0. The average molecular weight is 405 g/mol. The topological polar surface area (TPSA) is 83.1 Å². The van der Waals surface area contributed by atoms with E-state index in [9.17, 15) is 9.59 Å². The number of rotatable bonds is 2. The van der Waals surface area contributed by atoms with E-state index < -0.39 is 0 Å². The van der Waals surface area contributed by atoms with Crippen LogP contribution in [0.15, 0.2) is 18.2 Å². The number of aryl methyl sites for hydroxylation is 1. The lowest BCUT2D eigenvalue weighted by molar-refractivity contribution is 0.143. The van der Waals surface area contributed by atoms with Gasteiger partial charge in [0.2, 0.25) is 0 Å². The van der Waals surface area contributed by atoms with Gasteiger partial charge < -0.3 is 29.9 Å². The number of carbonyl (C=O) groups is 2. The Hall–Kier alpha value is -2.32. The summed E-state index contributed by atoms with van der Waals surface area (Å²) in [7, 11) is 0. The molecule has 2 fully saturated rings. The predicted molar refractivity (Wildman–Crippen MR) is 112 cm³/mol. The van der Waals surface area contributed by atoms with Crippen molar-refractivity contribution in [1.82, 2.24) is 9.80 Å². The van der Waals surface area contributed by atoms with E-state index in [1.54, 1.807) is 9.80 Å². The molecule has 8 heteroatoms. The molecule has 4 amide bonds. The van der Waals surface area contributed by atoms with Crippen molar-refractivity contribution in [2.24, 2.45) is 0 Å². The second kappa shape index (κ2) is 9.93. The number of nitrogens with one attached hydrogen (secondary N) is 2. The van der Waals surface area contributed by atoms with Crippen LogP contribution in [0.4, 0.5) is 21.0 Å². The van der Waals surface area contributed by atoms with Crippen LogP contribution < -0.4 is 10.6 Å². The van der Waals surface area contributed by atoms with Gasteiger partial charge in [0.05, 0.1) is 13.2 Å². The summed E-state index contributed by atoms with van der Waals surface area (Å²) in [5.41, 5.74) is 2.28. The van der Waals surface area contributed by atoms with Crippen LogP contribution >= 0.6 is 0 Å². The quantitative estimate of drug-likeness (QED) is 0.792. The van der Waals surface area contributed by atoms with Gasteiger partial charge in [-0.3, -0.25) is 0 Å². The number of carbonyl (C=O) groups excluding carboxylic acids is 2. The van der Waals surface area contributed by atoms with Crippen LogP contribution in [0.3, 0.4) is 0 Å². The van der Waals surface area contributed by atoms with Crippen molar-refractivity contribution in [3.05, 3.63) is 23.8 Å². The largest absolute Gasteiger partial charge is 0.380 e. The number of nitrogens with zero attached hydrogens (tertiary/aromatic N) is 2. The van der Waals surface area contributed by atoms with Gasteiger partial charge in [-0.2, -0.15) is 0 Å².